The molecule has 0 atom stereocenters. The highest BCUT2D eigenvalue weighted by molar-refractivity contribution is 5.80. The van der Waals surface area contributed by atoms with Gasteiger partial charge in [0, 0.05) is 12.8 Å². The molecule has 0 fully saturated rings. The second kappa shape index (κ2) is 7.74. The van der Waals surface area contributed by atoms with E-state index in [1.807, 2.05) is 13.8 Å². The maximum absolute atomic E-state index is 11.8. The van der Waals surface area contributed by atoms with Gasteiger partial charge in [0.25, 0.3) is 0 Å². The summed E-state index contributed by atoms with van der Waals surface area (Å²) in [6.07, 6.45) is -4.02. The van der Waals surface area contributed by atoms with E-state index in [4.69, 9.17) is 0 Å². The molecule has 1 rings (SSSR count). The van der Waals surface area contributed by atoms with Gasteiger partial charge in [-0.2, -0.15) is 0 Å². The summed E-state index contributed by atoms with van der Waals surface area (Å²) in [4.78, 5) is 11.1. The van der Waals surface area contributed by atoms with Gasteiger partial charge in [-0.3, -0.25) is 4.79 Å². The highest BCUT2D eigenvalue weighted by Gasteiger charge is 2.30. The van der Waals surface area contributed by atoms with E-state index in [2.05, 4.69) is 4.74 Å². The highest BCUT2D eigenvalue weighted by atomic mass is 19.4. The van der Waals surface area contributed by atoms with Crippen LogP contribution in [-0.2, 0) is 11.2 Å². The lowest BCUT2D eigenvalue weighted by Gasteiger charge is -2.08. The largest absolute Gasteiger partial charge is 0.573 e. The Kier molecular flexibility index (Phi) is 7.08. The first-order valence-electron chi connectivity index (χ1n) is 5.77. The number of Topliss-reactive ketones (excluding diaryl/α,β-unsaturated/α-hetero) is 1. The van der Waals surface area contributed by atoms with E-state index in [0.717, 1.165) is 0 Å². The van der Waals surface area contributed by atoms with E-state index in [9.17, 15) is 18.0 Å². The Morgan fingerprint density at radius 2 is 1.67 bits per heavy atom. The van der Waals surface area contributed by atoms with Crippen LogP contribution in [0.2, 0.25) is 0 Å². The molecule has 0 aliphatic heterocycles. The molecule has 0 saturated carbocycles. The molecule has 0 aliphatic carbocycles. The second-order valence-electron chi connectivity index (χ2n) is 3.26. The lowest BCUT2D eigenvalue weighted by molar-refractivity contribution is -0.274. The molecular formula is C13H17F3O2. The van der Waals surface area contributed by atoms with Crippen LogP contribution >= 0.6 is 0 Å². The molecule has 18 heavy (non-hydrogen) atoms. The second-order valence-corrected chi connectivity index (χ2v) is 3.26. The SMILES string of the molecule is CC.CCC(=O)Cc1ccc(OC(F)(F)F)cc1. The smallest absolute Gasteiger partial charge is 0.406 e. The van der Waals surface area contributed by atoms with Crippen LogP contribution in [0.5, 0.6) is 5.75 Å². The molecule has 0 aromatic heterocycles. The Balaban J connectivity index is 0.00000137. The van der Waals surface area contributed by atoms with Gasteiger partial charge in [-0.05, 0) is 17.7 Å². The number of benzene rings is 1. The first-order chi connectivity index (χ1) is 8.40. The molecule has 0 aliphatic rings. The molecule has 0 unspecified atom stereocenters. The van der Waals surface area contributed by atoms with Crippen molar-refractivity contribution in [1.82, 2.24) is 0 Å². The standard InChI is InChI=1S/C11H11F3O2.C2H6/c1-2-9(15)7-8-3-5-10(6-4-8)16-11(12,13)14;1-2/h3-6H,2,7H2,1H3;1-2H3. The molecule has 102 valence electrons. The van der Waals surface area contributed by atoms with Crippen molar-refractivity contribution in [3.8, 4) is 5.75 Å². The zero-order chi connectivity index (χ0) is 14.2. The van der Waals surface area contributed by atoms with Crippen LogP contribution in [-0.4, -0.2) is 12.1 Å². The quantitative estimate of drug-likeness (QED) is 0.815. The van der Waals surface area contributed by atoms with E-state index in [1.165, 1.54) is 24.3 Å². The number of carbonyl (C=O) groups is 1. The zero-order valence-corrected chi connectivity index (χ0v) is 10.7. The van der Waals surface area contributed by atoms with Gasteiger partial charge in [-0.15, -0.1) is 13.2 Å². The number of hydrogen-bond acceptors (Lipinski definition) is 2. The average Bonchev–Trinajstić information content (AvgIpc) is 2.32. The van der Waals surface area contributed by atoms with Crippen molar-refractivity contribution in [2.24, 2.45) is 0 Å². The first kappa shape index (κ1) is 16.5. The minimum Gasteiger partial charge on any atom is -0.406 e. The third-order valence-electron chi connectivity index (χ3n) is 1.95. The summed E-state index contributed by atoms with van der Waals surface area (Å²) in [6.45, 7) is 5.74. The Bertz CT molecular complexity index is 355. The molecule has 0 radical (unpaired) electrons. The summed E-state index contributed by atoms with van der Waals surface area (Å²) >= 11 is 0. The van der Waals surface area contributed by atoms with Crippen LogP contribution in [0.3, 0.4) is 0 Å². The molecule has 1 aromatic carbocycles. The van der Waals surface area contributed by atoms with Crippen molar-refractivity contribution < 1.29 is 22.7 Å². The van der Waals surface area contributed by atoms with E-state index in [1.54, 1.807) is 6.92 Å². The molecule has 0 saturated heterocycles. The number of ketones is 1. The van der Waals surface area contributed by atoms with Crippen molar-refractivity contribution in [2.45, 2.75) is 40.0 Å². The monoisotopic (exact) mass is 262 g/mol. The molecule has 5 heteroatoms. The predicted octanol–water partition coefficient (Wildman–Crippen LogP) is 4.13. The summed E-state index contributed by atoms with van der Waals surface area (Å²) in [5, 5.41) is 0. The summed E-state index contributed by atoms with van der Waals surface area (Å²) in [6, 6.07) is 5.31. The fourth-order valence-electron chi connectivity index (χ4n) is 1.16. The van der Waals surface area contributed by atoms with Crippen molar-refractivity contribution in [2.75, 3.05) is 0 Å². The van der Waals surface area contributed by atoms with Gasteiger partial charge in [-0.1, -0.05) is 32.9 Å². The molecule has 0 amide bonds. The van der Waals surface area contributed by atoms with E-state index < -0.39 is 6.36 Å². The third kappa shape index (κ3) is 6.93. The molecule has 0 bridgehead atoms. The Morgan fingerprint density at radius 1 is 1.17 bits per heavy atom. The number of carbonyl (C=O) groups excluding carboxylic acids is 1. The number of rotatable bonds is 4. The fraction of sp³-hybridized carbons (Fsp3) is 0.462. The van der Waals surface area contributed by atoms with Crippen molar-refractivity contribution in [3.05, 3.63) is 29.8 Å². The van der Waals surface area contributed by atoms with Crippen LogP contribution in [0, 0.1) is 0 Å². The Labute approximate surface area is 105 Å². The van der Waals surface area contributed by atoms with Crippen LogP contribution in [0.4, 0.5) is 13.2 Å². The van der Waals surface area contributed by atoms with Crippen LogP contribution < -0.4 is 4.74 Å². The molecule has 0 spiro atoms. The Morgan fingerprint density at radius 3 is 2.06 bits per heavy atom. The van der Waals surface area contributed by atoms with Gasteiger partial charge < -0.3 is 4.74 Å². The Hall–Kier alpha value is -1.52. The number of ether oxygens (including phenoxy) is 1. The van der Waals surface area contributed by atoms with Gasteiger partial charge in [-0.25, -0.2) is 0 Å². The van der Waals surface area contributed by atoms with Gasteiger partial charge in [0.2, 0.25) is 0 Å². The first-order valence-corrected chi connectivity index (χ1v) is 5.77. The summed E-state index contributed by atoms with van der Waals surface area (Å²) < 4.78 is 39.2. The third-order valence-corrected chi connectivity index (χ3v) is 1.95. The van der Waals surface area contributed by atoms with Crippen molar-refractivity contribution in [3.63, 3.8) is 0 Å². The molecule has 2 nitrogen and oxygen atoms in total. The summed E-state index contributed by atoms with van der Waals surface area (Å²) in [5.41, 5.74) is 0.682. The van der Waals surface area contributed by atoms with Crippen LogP contribution in [0.1, 0.15) is 32.8 Å². The number of alkyl halides is 3. The maximum atomic E-state index is 11.8. The topological polar surface area (TPSA) is 26.3 Å². The van der Waals surface area contributed by atoms with Gasteiger partial charge >= 0.3 is 6.36 Å². The summed E-state index contributed by atoms with van der Waals surface area (Å²) in [5.74, 6) is -0.232. The van der Waals surface area contributed by atoms with Crippen molar-refractivity contribution in [1.29, 1.82) is 0 Å². The fourth-order valence-corrected chi connectivity index (χ4v) is 1.16. The lowest BCUT2D eigenvalue weighted by atomic mass is 10.1. The van der Waals surface area contributed by atoms with E-state index in [0.29, 0.717) is 12.0 Å². The number of hydrogen-bond donors (Lipinski definition) is 0. The molecule has 0 N–H and O–H groups in total. The lowest BCUT2D eigenvalue weighted by Crippen LogP contribution is -2.17. The van der Waals surface area contributed by atoms with Gasteiger partial charge in [0.05, 0.1) is 0 Å². The average molecular weight is 262 g/mol. The maximum Gasteiger partial charge on any atom is 0.573 e. The van der Waals surface area contributed by atoms with E-state index in [-0.39, 0.29) is 18.0 Å². The normalized spacial score (nSPS) is 10.3. The van der Waals surface area contributed by atoms with Gasteiger partial charge in [0.15, 0.2) is 0 Å². The summed E-state index contributed by atoms with van der Waals surface area (Å²) in [7, 11) is 0. The minimum atomic E-state index is -4.68. The molecular weight excluding hydrogens is 245 g/mol. The molecule has 0 heterocycles. The van der Waals surface area contributed by atoms with Crippen LogP contribution in [0.25, 0.3) is 0 Å². The zero-order valence-electron chi connectivity index (χ0n) is 10.7. The van der Waals surface area contributed by atoms with E-state index >= 15 is 0 Å². The van der Waals surface area contributed by atoms with Crippen LogP contribution in [0.15, 0.2) is 24.3 Å². The predicted molar refractivity (Wildman–Crippen MR) is 63.5 cm³/mol. The van der Waals surface area contributed by atoms with Crippen molar-refractivity contribution >= 4 is 5.78 Å². The highest BCUT2D eigenvalue weighted by Crippen LogP contribution is 2.22. The number of halogens is 3. The van der Waals surface area contributed by atoms with Gasteiger partial charge in [0.1, 0.15) is 11.5 Å². The molecule has 1 aromatic rings. The minimum absolute atomic E-state index is 0.0458.